The van der Waals surface area contributed by atoms with Crippen molar-refractivity contribution in [3.05, 3.63) is 41.7 Å². The normalized spacial score (nSPS) is 11.5. The number of rotatable bonds is 1. The zero-order valence-corrected chi connectivity index (χ0v) is 7.33. The molecule has 0 aliphatic rings. The van der Waals surface area contributed by atoms with Crippen molar-refractivity contribution in [2.75, 3.05) is 0 Å². The summed E-state index contributed by atoms with van der Waals surface area (Å²) in [5, 5.41) is 7.07. The van der Waals surface area contributed by atoms with Crippen molar-refractivity contribution >= 4 is 0 Å². The third-order valence-electron chi connectivity index (χ3n) is 1.80. The van der Waals surface area contributed by atoms with E-state index in [1.807, 2.05) is 0 Å². The second-order valence-corrected chi connectivity index (χ2v) is 2.79. The Bertz CT molecular complexity index is 510. The molecule has 0 saturated heterocycles. The van der Waals surface area contributed by atoms with Gasteiger partial charge in [0.2, 0.25) is 0 Å². The van der Waals surface area contributed by atoms with Gasteiger partial charge in [-0.3, -0.25) is 0 Å². The summed E-state index contributed by atoms with van der Waals surface area (Å²) in [6, 6.07) is 3.15. The summed E-state index contributed by atoms with van der Waals surface area (Å²) < 4.78 is 34.5. The molecule has 3 nitrogen and oxygen atoms in total. The molecule has 1 aromatic heterocycles. The van der Waals surface area contributed by atoms with Crippen LogP contribution in [-0.2, 0) is 0 Å². The highest BCUT2D eigenvalue weighted by Crippen LogP contribution is 2.14. The molecule has 0 amide bonds. The van der Waals surface area contributed by atoms with E-state index in [2.05, 4.69) is 10.3 Å². The maximum absolute atomic E-state index is 13.3. The van der Waals surface area contributed by atoms with E-state index in [0.717, 1.165) is 16.8 Å². The highest BCUT2D eigenvalue weighted by molar-refractivity contribution is 5.33. The van der Waals surface area contributed by atoms with Crippen LogP contribution >= 0.6 is 0 Å². The van der Waals surface area contributed by atoms with Crippen LogP contribution in [0.4, 0.5) is 8.78 Å². The Morgan fingerprint density at radius 1 is 1.43 bits per heavy atom. The van der Waals surface area contributed by atoms with E-state index in [0.29, 0.717) is 5.69 Å². The van der Waals surface area contributed by atoms with E-state index in [4.69, 9.17) is 1.37 Å². The standard InChI is InChI=1S/C9H7F2N3/c1-6-5-12-13-14(6)9-3-2-7(10)4-8(9)11/h2-5H,1H3/i5D. The molecule has 0 bridgehead atoms. The fourth-order valence-corrected chi connectivity index (χ4v) is 1.14. The second-order valence-electron chi connectivity index (χ2n) is 2.79. The smallest absolute Gasteiger partial charge is 0.151 e. The lowest BCUT2D eigenvalue weighted by molar-refractivity contribution is 0.570. The molecule has 2 aromatic rings. The summed E-state index contributed by atoms with van der Waals surface area (Å²) in [4.78, 5) is 0. The molecule has 1 heterocycles. The lowest BCUT2D eigenvalue weighted by Gasteiger charge is -2.03. The predicted octanol–water partition coefficient (Wildman–Crippen LogP) is 1.85. The molecule has 0 aliphatic heterocycles. The number of halogens is 2. The van der Waals surface area contributed by atoms with Crippen molar-refractivity contribution in [1.29, 1.82) is 0 Å². The number of aromatic nitrogens is 3. The van der Waals surface area contributed by atoms with Crippen LogP contribution in [0.1, 0.15) is 7.06 Å². The molecule has 1 aromatic carbocycles. The molecular formula is C9H7F2N3. The summed E-state index contributed by atoms with van der Waals surface area (Å²) >= 11 is 0. The largest absolute Gasteiger partial charge is 0.215 e. The quantitative estimate of drug-likeness (QED) is 0.696. The molecular weight excluding hydrogens is 188 g/mol. The molecule has 0 saturated carbocycles. The van der Waals surface area contributed by atoms with E-state index in [-0.39, 0.29) is 11.9 Å². The van der Waals surface area contributed by atoms with Crippen molar-refractivity contribution in [1.82, 2.24) is 15.0 Å². The fraction of sp³-hybridized carbons (Fsp3) is 0.111. The van der Waals surface area contributed by atoms with Crippen LogP contribution < -0.4 is 0 Å². The van der Waals surface area contributed by atoms with Gasteiger partial charge in [0.1, 0.15) is 11.5 Å². The first kappa shape index (κ1) is 7.61. The van der Waals surface area contributed by atoms with Gasteiger partial charge in [-0.2, -0.15) is 0 Å². The van der Waals surface area contributed by atoms with Crippen LogP contribution in [-0.4, -0.2) is 15.0 Å². The summed E-state index contributed by atoms with van der Waals surface area (Å²) in [5.41, 5.74) is 0.486. The molecule has 72 valence electrons. The number of nitrogens with zero attached hydrogens (tertiary/aromatic N) is 3. The molecule has 0 atom stereocenters. The van der Waals surface area contributed by atoms with Crippen molar-refractivity contribution < 1.29 is 10.2 Å². The molecule has 2 rings (SSSR count). The zero-order valence-electron chi connectivity index (χ0n) is 8.33. The molecule has 0 unspecified atom stereocenters. The van der Waals surface area contributed by atoms with Crippen molar-refractivity contribution in [3.63, 3.8) is 0 Å². The van der Waals surface area contributed by atoms with Crippen LogP contribution in [0.25, 0.3) is 5.69 Å². The Morgan fingerprint density at radius 3 is 2.79 bits per heavy atom. The van der Waals surface area contributed by atoms with Crippen molar-refractivity contribution in [3.8, 4) is 5.69 Å². The summed E-state index contributed by atoms with van der Waals surface area (Å²) in [6.07, 6.45) is -0.0290. The van der Waals surface area contributed by atoms with Gasteiger partial charge in [0.15, 0.2) is 5.82 Å². The number of benzene rings is 1. The molecule has 0 spiro atoms. The van der Waals surface area contributed by atoms with Gasteiger partial charge >= 0.3 is 0 Å². The van der Waals surface area contributed by atoms with Gasteiger partial charge < -0.3 is 0 Å². The third-order valence-corrected chi connectivity index (χ3v) is 1.80. The SMILES string of the molecule is [2H]c1nnn(-c2ccc(F)cc2F)c1C. The van der Waals surface area contributed by atoms with Gasteiger partial charge in [0.05, 0.1) is 13.2 Å². The average Bonchev–Trinajstić information content (AvgIpc) is 2.49. The predicted molar refractivity (Wildman–Crippen MR) is 46.0 cm³/mol. The first-order chi connectivity index (χ1) is 7.09. The first-order valence-corrected chi connectivity index (χ1v) is 3.94. The fourth-order valence-electron chi connectivity index (χ4n) is 1.14. The highest BCUT2D eigenvalue weighted by atomic mass is 19.1. The number of hydrogen-bond donors (Lipinski definition) is 0. The van der Waals surface area contributed by atoms with Crippen LogP contribution in [0, 0.1) is 18.6 Å². The highest BCUT2D eigenvalue weighted by Gasteiger charge is 2.08. The van der Waals surface area contributed by atoms with Crippen LogP contribution in [0.15, 0.2) is 24.4 Å². The van der Waals surface area contributed by atoms with E-state index < -0.39 is 11.6 Å². The Balaban J connectivity index is 2.59. The summed E-state index contributed by atoms with van der Waals surface area (Å²) in [5.74, 6) is -1.39. The molecule has 0 fully saturated rings. The van der Waals surface area contributed by atoms with Gasteiger partial charge in [0, 0.05) is 6.07 Å². The van der Waals surface area contributed by atoms with Gasteiger partial charge in [-0.15, -0.1) is 5.10 Å². The van der Waals surface area contributed by atoms with E-state index in [1.54, 1.807) is 6.92 Å². The average molecular weight is 196 g/mol. The molecule has 14 heavy (non-hydrogen) atoms. The lowest BCUT2D eigenvalue weighted by atomic mass is 10.3. The number of hydrogen-bond acceptors (Lipinski definition) is 2. The minimum Gasteiger partial charge on any atom is -0.215 e. The maximum atomic E-state index is 13.3. The van der Waals surface area contributed by atoms with E-state index >= 15 is 0 Å². The van der Waals surface area contributed by atoms with E-state index in [1.165, 1.54) is 6.07 Å². The zero-order chi connectivity index (χ0) is 11.0. The van der Waals surface area contributed by atoms with Gasteiger partial charge in [-0.25, -0.2) is 13.5 Å². The Hall–Kier alpha value is -1.78. The molecule has 0 N–H and O–H groups in total. The lowest BCUT2D eigenvalue weighted by Crippen LogP contribution is -2.02. The topological polar surface area (TPSA) is 30.7 Å². The minimum absolute atomic E-state index is 0.0290. The van der Waals surface area contributed by atoms with Gasteiger partial charge in [0.25, 0.3) is 0 Å². The Morgan fingerprint density at radius 2 is 2.21 bits per heavy atom. The summed E-state index contributed by atoms with van der Waals surface area (Å²) in [6.45, 7) is 1.59. The Labute approximate surface area is 80.4 Å². The molecule has 0 aliphatic carbocycles. The van der Waals surface area contributed by atoms with Crippen molar-refractivity contribution in [2.24, 2.45) is 0 Å². The first-order valence-electron chi connectivity index (χ1n) is 4.44. The molecule has 0 radical (unpaired) electrons. The second kappa shape index (κ2) is 3.17. The minimum atomic E-state index is -0.733. The van der Waals surface area contributed by atoms with Gasteiger partial charge in [-0.05, 0) is 19.1 Å². The maximum Gasteiger partial charge on any atom is 0.151 e. The monoisotopic (exact) mass is 196 g/mol. The van der Waals surface area contributed by atoms with Crippen molar-refractivity contribution in [2.45, 2.75) is 6.92 Å². The van der Waals surface area contributed by atoms with Crippen LogP contribution in [0.3, 0.4) is 0 Å². The van der Waals surface area contributed by atoms with Crippen LogP contribution in [0.5, 0.6) is 0 Å². The Kier molecular flexibility index (Phi) is 1.72. The molecule has 5 heteroatoms. The third kappa shape index (κ3) is 1.37. The van der Waals surface area contributed by atoms with E-state index in [9.17, 15) is 8.78 Å². The summed E-state index contributed by atoms with van der Waals surface area (Å²) in [7, 11) is 0. The van der Waals surface area contributed by atoms with Crippen LogP contribution in [0.2, 0.25) is 0 Å². The van der Waals surface area contributed by atoms with Gasteiger partial charge in [-0.1, -0.05) is 5.21 Å².